The normalized spacial score (nSPS) is 15.6. The lowest BCUT2D eigenvalue weighted by molar-refractivity contribution is 0.0713. The highest BCUT2D eigenvalue weighted by molar-refractivity contribution is 7.99. The van der Waals surface area contributed by atoms with Crippen LogP contribution in [0.3, 0.4) is 0 Å². The fraction of sp³-hybridized carbons (Fsp3) is 0.364. The zero-order valence-electron chi connectivity index (χ0n) is 15.8. The topological polar surface area (TPSA) is 49.0 Å². The number of nitrogens with one attached hydrogen (secondary N) is 1. The van der Waals surface area contributed by atoms with E-state index in [0.717, 1.165) is 37.1 Å². The fourth-order valence-corrected chi connectivity index (χ4v) is 4.68. The Bertz CT molecular complexity index is 924. The quantitative estimate of drug-likeness (QED) is 0.643. The number of H-pyrrole nitrogens is 1. The van der Waals surface area contributed by atoms with Crippen molar-refractivity contribution in [1.29, 1.82) is 0 Å². The molecule has 2 aromatic heterocycles. The van der Waals surface area contributed by atoms with Gasteiger partial charge in [0.15, 0.2) is 0 Å². The van der Waals surface area contributed by atoms with E-state index in [1.165, 1.54) is 15.8 Å². The van der Waals surface area contributed by atoms with Gasteiger partial charge in [-0.25, -0.2) is 4.98 Å². The van der Waals surface area contributed by atoms with Crippen LogP contribution in [0, 0.1) is 0 Å². The molecule has 1 N–H and O–H groups in total. The van der Waals surface area contributed by atoms with Crippen LogP contribution in [0.1, 0.15) is 48.5 Å². The van der Waals surface area contributed by atoms with Crippen LogP contribution < -0.4 is 0 Å². The average molecular weight is 380 g/mol. The summed E-state index contributed by atoms with van der Waals surface area (Å²) in [6.45, 7) is 5.97. The lowest BCUT2D eigenvalue weighted by atomic mass is 9.89. The number of thioether (sulfide) groups is 1. The summed E-state index contributed by atoms with van der Waals surface area (Å²) >= 11 is 1.82. The van der Waals surface area contributed by atoms with Gasteiger partial charge < -0.3 is 9.88 Å². The molecule has 27 heavy (non-hydrogen) atoms. The zero-order valence-corrected chi connectivity index (χ0v) is 16.6. The molecule has 3 aromatic rings. The van der Waals surface area contributed by atoms with E-state index < -0.39 is 0 Å². The van der Waals surface area contributed by atoms with Gasteiger partial charge >= 0.3 is 0 Å². The minimum Gasteiger partial charge on any atom is -0.346 e. The van der Waals surface area contributed by atoms with E-state index in [1.54, 1.807) is 0 Å². The highest BCUT2D eigenvalue weighted by atomic mass is 32.2. The van der Waals surface area contributed by atoms with Crippen molar-refractivity contribution in [3.05, 3.63) is 59.9 Å². The second-order valence-electron chi connectivity index (χ2n) is 7.40. The first kappa shape index (κ1) is 18.1. The molecule has 4 rings (SSSR count). The number of aromatic nitrogens is 2. The maximum absolute atomic E-state index is 12.8. The molecule has 0 spiro atoms. The number of hydrogen-bond acceptors (Lipinski definition) is 3. The van der Waals surface area contributed by atoms with Crippen molar-refractivity contribution >= 4 is 28.7 Å². The van der Waals surface area contributed by atoms with Gasteiger partial charge in [0.25, 0.3) is 5.91 Å². The third-order valence-corrected chi connectivity index (χ3v) is 6.19. The second-order valence-corrected chi connectivity index (χ2v) is 9.05. The lowest BCUT2D eigenvalue weighted by Gasteiger charge is -2.32. The van der Waals surface area contributed by atoms with E-state index in [-0.39, 0.29) is 5.91 Å². The first-order valence-corrected chi connectivity index (χ1v) is 10.5. The molecule has 0 aliphatic carbocycles. The molecule has 1 fully saturated rings. The maximum Gasteiger partial charge on any atom is 0.253 e. The van der Waals surface area contributed by atoms with Crippen LogP contribution in [-0.4, -0.2) is 39.1 Å². The summed E-state index contributed by atoms with van der Waals surface area (Å²) in [6.07, 6.45) is 5.89. The molecule has 1 saturated heterocycles. The predicted molar refractivity (Wildman–Crippen MR) is 111 cm³/mol. The van der Waals surface area contributed by atoms with Crippen molar-refractivity contribution in [2.24, 2.45) is 0 Å². The first-order chi connectivity index (χ1) is 13.1. The van der Waals surface area contributed by atoms with Gasteiger partial charge in [-0.2, -0.15) is 0 Å². The van der Waals surface area contributed by atoms with E-state index in [2.05, 4.69) is 48.2 Å². The Morgan fingerprint density at radius 2 is 1.93 bits per heavy atom. The third kappa shape index (κ3) is 3.88. The van der Waals surface area contributed by atoms with Crippen LogP contribution in [0.5, 0.6) is 0 Å². The van der Waals surface area contributed by atoms with Crippen molar-refractivity contribution in [3.63, 3.8) is 0 Å². The molecule has 5 heteroatoms. The smallest absolute Gasteiger partial charge is 0.253 e. The molecular formula is C22H25N3OS. The summed E-state index contributed by atoms with van der Waals surface area (Å²) in [5.74, 6) is 0.631. The number of fused-ring (bicyclic) bond motifs is 1. The zero-order chi connectivity index (χ0) is 18.8. The number of piperidine rings is 1. The molecule has 1 aliphatic rings. The van der Waals surface area contributed by atoms with Gasteiger partial charge in [-0.3, -0.25) is 4.79 Å². The molecule has 0 atom stereocenters. The molecule has 3 heterocycles. The molecule has 0 radical (unpaired) electrons. The molecule has 1 aromatic carbocycles. The Balaban J connectivity index is 1.40. The van der Waals surface area contributed by atoms with E-state index in [0.29, 0.717) is 11.2 Å². The molecule has 140 valence electrons. The Morgan fingerprint density at radius 1 is 1.19 bits per heavy atom. The van der Waals surface area contributed by atoms with Crippen molar-refractivity contribution < 1.29 is 4.79 Å². The predicted octanol–water partition coefficient (Wildman–Crippen LogP) is 5.08. The number of carbonyl (C=O) groups excluding carboxylic acids is 1. The van der Waals surface area contributed by atoms with E-state index >= 15 is 0 Å². The maximum atomic E-state index is 12.8. The molecule has 0 saturated carbocycles. The number of hydrogen-bond donors (Lipinski definition) is 1. The molecule has 0 bridgehead atoms. The third-order valence-electron chi connectivity index (χ3n) is 5.18. The molecule has 4 nitrogen and oxygen atoms in total. The first-order valence-electron chi connectivity index (χ1n) is 9.60. The second kappa shape index (κ2) is 7.77. The van der Waals surface area contributed by atoms with Gasteiger partial charge in [0.1, 0.15) is 5.65 Å². The highest BCUT2D eigenvalue weighted by Crippen LogP contribution is 2.33. The summed E-state index contributed by atoms with van der Waals surface area (Å²) in [4.78, 5) is 23.7. The van der Waals surface area contributed by atoms with Crippen LogP contribution in [0.25, 0.3) is 11.0 Å². The van der Waals surface area contributed by atoms with Crippen molar-refractivity contribution in [1.82, 2.24) is 14.9 Å². The molecular weight excluding hydrogens is 354 g/mol. The number of carbonyl (C=O) groups is 1. The largest absolute Gasteiger partial charge is 0.346 e. The molecule has 0 unspecified atom stereocenters. The number of benzene rings is 1. The summed E-state index contributed by atoms with van der Waals surface area (Å²) in [6, 6.07) is 12.2. The van der Waals surface area contributed by atoms with Crippen molar-refractivity contribution in [2.45, 2.75) is 42.8 Å². The Labute approximate surface area is 164 Å². The van der Waals surface area contributed by atoms with E-state index in [1.807, 2.05) is 41.1 Å². The van der Waals surface area contributed by atoms with Crippen molar-refractivity contribution in [3.8, 4) is 0 Å². The van der Waals surface area contributed by atoms with Gasteiger partial charge in [0.2, 0.25) is 0 Å². The molecule has 1 aliphatic heterocycles. The SMILES string of the molecule is CC(C)Sc1ccc(C(=O)N2CCC(c3c[nH]c4ncccc34)CC2)cc1. The lowest BCUT2D eigenvalue weighted by Crippen LogP contribution is -2.37. The van der Waals surface area contributed by atoms with Crippen LogP contribution in [0.4, 0.5) is 0 Å². The van der Waals surface area contributed by atoms with Gasteiger partial charge in [-0.05, 0) is 60.7 Å². The summed E-state index contributed by atoms with van der Waals surface area (Å²) in [5, 5.41) is 1.76. The number of likely N-dealkylation sites (tertiary alicyclic amines) is 1. The van der Waals surface area contributed by atoms with E-state index in [4.69, 9.17) is 0 Å². The number of nitrogens with zero attached hydrogens (tertiary/aromatic N) is 2. The summed E-state index contributed by atoms with van der Waals surface area (Å²) in [5.41, 5.74) is 3.07. The molecule has 1 amide bonds. The van der Waals surface area contributed by atoms with Gasteiger partial charge in [0.05, 0.1) is 0 Å². The van der Waals surface area contributed by atoms with E-state index in [9.17, 15) is 4.79 Å². The highest BCUT2D eigenvalue weighted by Gasteiger charge is 2.26. The minimum absolute atomic E-state index is 0.148. The Kier molecular flexibility index (Phi) is 5.21. The van der Waals surface area contributed by atoms with Gasteiger partial charge in [-0.1, -0.05) is 13.8 Å². The monoisotopic (exact) mass is 379 g/mol. The Hall–Kier alpha value is -2.27. The van der Waals surface area contributed by atoms with Gasteiger partial charge in [-0.15, -0.1) is 11.8 Å². The summed E-state index contributed by atoms with van der Waals surface area (Å²) in [7, 11) is 0. The van der Waals surface area contributed by atoms with Crippen LogP contribution in [-0.2, 0) is 0 Å². The van der Waals surface area contributed by atoms with Crippen molar-refractivity contribution in [2.75, 3.05) is 13.1 Å². The number of aromatic amines is 1. The number of pyridine rings is 1. The average Bonchev–Trinajstić information content (AvgIpc) is 3.12. The van der Waals surface area contributed by atoms with Crippen LogP contribution in [0.15, 0.2) is 53.7 Å². The Morgan fingerprint density at radius 3 is 2.63 bits per heavy atom. The number of rotatable bonds is 4. The number of amides is 1. The van der Waals surface area contributed by atoms with Crippen LogP contribution >= 0.6 is 11.8 Å². The summed E-state index contributed by atoms with van der Waals surface area (Å²) < 4.78 is 0. The standard InChI is InChI=1S/C22H25N3OS/c1-15(2)27-18-7-5-17(6-8-18)22(26)25-12-9-16(10-13-25)20-14-24-21-19(20)4-3-11-23-21/h3-8,11,14-16H,9-10,12-13H2,1-2H3,(H,23,24). The van der Waals surface area contributed by atoms with Gasteiger partial charge in [0, 0.05) is 46.6 Å². The minimum atomic E-state index is 0.148. The fourth-order valence-electron chi connectivity index (χ4n) is 3.84. The van der Waals surface area contributed by atoms with Crippen LogP contribution in [0.2, 0.25) is 0 Å².